The second kappa shape index (κ2) is 6.14. The molecular weight excluding hydrogens is 178 g/mol. The molecule has 1 rings (SSSR count). The zero-order valence-electron chi connectivity index (χ0n) is 9.04. The smallest absolute Gasteiger partial charge is 0.146 e. The van der Waals surface area contributed by atoms with Crippen molar-refractivity contribution in [3.05, 3.63) is 0 Å². The molecule has 1 N–H and O–H groups in total. The van der Waals surface area contributed by atoms with Crippen LogP contribution in [-0.4, -0.2) is 41.5 Å². The number of nitrogens with zero attached hydrogens (tertiary/aromatic N) is 1. The molecule has 1 fully saturated rings. The van der Waals surface area contributed by atoms with Crippen molar-refractivity contribution >= 4 is 5.78 Å². The van der Waals surface area contributed by atoms with Gasteiger partial charge in [-0.25, -0.2) is 0 Å². The van der Waals surface area contributed by atoms with Crippen molar-refractivity contribution in [1.82, 2.24) is 4.90 Å². The molecule has 0 saturated carbocycles. The van der Waals surface area contributed by atoms with Crippen LogP contribution in [0.3, 0.4) is 0 Å². The van der Waals surface area contributed by atoms with Gasteiger partial charge in [-0.15, -0.1) is 0 Å². The van der Waals surface area contributed by atoms with Gasteiger partial charge in [0.05, 0.1) is 13.2 Å². The van der Waals surface area contributed by atoms with E-state index < -0.39 is 0 Å². The van der Waals surface area contributed by atoms with Crippen molar-refractivity contribution in [1.29, 1.82) is 0 Å². The summed E-state index contributed by atoms with van der Waals surface area (Å²) in [5.41, 5.74) is 0. The standard InChI is InChI=1S/C11H21NO2/c1-2-11(14)8-12-7-5-3-4-6-10(12)9-13/h10,13H,2-9H2,1H3. The van der Waals surface area contributed by atoms with Crippen molar-refractivity contribution < 1.29 is 9.90 Å². The lowest BCUT2D eigenvalue weighted by atomic mass is 10.1. The van der Waals surface area contributed by atoms with Gasteiger partial charge in [0.1, 0.15) is 5.78 Å². The van der Waals surface area contributed by atoms with Crippen LogP contribution in [0, 0.1) is 0 Å². The predicted octanol–water partition coefficient (Wildman–Crippen LogP) is 1.20. The van der Waals surface area contributed by atoms with E-state index in [-0.39, 0.29) is 18.4 Å². The third kappa shape index (κ3) is 3.39. The van der Waals surface area contributed by atoms with Gasteiger partial charge in [-0.05, 0) is 19.4 Å². The van der Waals surface area contributed by atoms with Gasteiger partial charge in [-0.2, -0.15) is 0 Å². The van der Waals surface area contributed by atoms with Crippen LogP contribution in [0.5, 0.6) is 0 Å². The first-order valence-corrected chi connectivity index (χ1v) is 5.64. The third-order valence-electron chi connectivity index (χ3n) is 2.98. The van der Waals surface area contributed by atoms with E-state index in [0.29, 0.717) is 13.0 Å². The molecule has 1 heterocycles. The van der Waals surface area contributed by atoms with E-state index in [1.807, 2.05) is 6.92 Å². The highest BCUT2D eigenvalue weighted by Gasteiger charge is 2.21. The number of aliphatic hydroxyl groups excluding tert-OH is 1. The lowest BCUT2D eigenvalue weighted by Crippen LogP contribution is -2.40. The maximum atomic E-state index is 11.3. The molecule has 3 nitrogen and oxygen atoms in total. The summed E-state index contributed by atoms with van der Waals surface area (Å²) in [6.45, 7) is 3.59. The molecule has 1 aliphatic rings. The molecular formula is C11H21NO2. The summed E-state index contributed by atoms with van der Waals surface area (Å²) in [6, 6.07) is 0.216. The van der Waals surface area contributed by atoms with Gasteiger partial charge in [0.25, 0.3) is 0 Å². The van der Waals surface area contributed by atoms with Gasteiger partial charge in [0.15, 0.2) is 0 Å². The Balaban J connectivity index is 2.47. The van der Waals surface area contributed by atoms with E-state index in [9.17, 15) is 9.90 Å². The fourth-order valence-electron chi connectivity index (χ4n) is 1.99. The third-order valence-corrected chi connectivity index (χ3v) is 2.98. The molecule has 0 bridgehead atoms. The van der Waals surface area contributed by atoms with Crippen LogP contribution in [0.2, 0.25) is 0 Å². The summed E-state index contributed by atoms with van der Waals surface area (Å²) in [7, 11) is 0. The molecule has 0 aromatic rings. The Labute approximate surface area is 86.1 Å². The molecule has 0 aromatic heterocycles. The normalized spacial score (nSPS) is 24.6. The molecule has 0 amide bonds. The number of hydrogen-bond acceptors (Lipinski definition) is 3. The lowest BCUT2D eigenvalue weighted by Gasteiger charge is -2.27. The molecule has 0 radical (unpaired) electrons. The predicted molar refractivity (Wildman–Crippen MR) is 56.2 cm³/mol. The topological polar surface area (TPSA) is 40.5 Å². The minimum atomic E-state index is 0.191. The molecule has 14 heavy (non-hydrogen) atoms. The van der Waals surface area contributed by atoms with Crippen LogP contribution >= 0.6 is 0 Å². The number of rotatable bonds is 4. The molecule has 82 valence electrons. The SMILES string of the molecule is CCC(=O)CN1CCCCCC1CO. The summed E-state index contributed by atoms with van der Waals surface area (Å²) >= 11 is 0. The molecule has 1 unspecified atom stereocenters. The van der Waals surface area contributed by atoms with Gasteiger partial charge in [0, 0.05) is 12.5 Å². The first kappa shape index (κ1) is 11.7. The Morgan fingerprint density at radius 2 is 2.21 bits per heavy atom. The minimum Gasteiger partial charge on any atom is -0.395 e. The fourth-order valence-corrected chi connectivity index (χ4v) is 1.99. The largest absolute Gasteiger partial charge is 0.395 e. The second-order valence-corrected chi connectivity index (χ2v) is 4.05. The number of Topliss-reactive ketones (excluding diaryl/α,β-unsaturated/α-hetero) is 1. The van der Waals surface area contributed by atoms with Crippen LogP contribution in [0.4, 0.5) is 0 Å². The molecule has 0 aliphatic carbocycles. The van der Waals surface area contributed by atoms with Crippen molar-refractivity contribution in [2.24, 2.45) is 0 Å². The molecule has 0 spiro atoms. The molecule has 1 aliphatic heterocycles. The second-order valence-electron chi connectivity index (χ2n) is 4.05. The van der Waals surface area contributed by atoms with E-state index in [1.165, 1.54) is 12.8 Å². The quantitative estimate of drug-likeness (QED) is 0.739. The Morgan fingerprint density at radius 1 is 1.43 bits per heavy atom. The summed E-state index contributed by atoms with van der Waals surface area (Å²) in [5.74, 6) is 0.283. The van der Waals surface area contributed by atoms with Gasteiger partial charge >= 0.3 is 0 Å². The zero-order chi connectivity index (χ0) is 10.4. The Kier molecular flexibility index (Phi) is 5.12. The van der Waals surface area contributed by atoms with E-state index in [2.05, 4.69) is 4.90 Å². The van der Waals surface area contributed by atoms with Crippen LogP contribution in [0.25, 0.3) is 0 Å². The van der Waals surface area contributed by atoms with Gasteiger partial charge in [0.2, 0.25) is 0 Å². The summed E-state index contributed by atoms with van der Waals surface area (Å²) in [5, 5.41) is 9.22. The number of carbonyl (C=O) groups excluding carboxylic acids is 1. The highest BCUT2D eigenvalue weighted by Crippen LogP contribution is 2.16. The van der Waals surface area contributed by atoms with Crippen LogP contribution in [0.1, 0.15) is 39.0 Å². The molecule has 1 atom stereocenters. The van der Waals surface area contributed by atoms with E-state index in [1.54, 1.807) is 0 Å². The van der Waals surface area contributed by atoms with E-state index >= 15 is 0 Å². The van der Waals surface area contributed by atoms with Crippen molar-refractivity contribution in [3.63, 3.8) is 0 Å². The number of hydrogen-bond donors (Lipinski definition) is 1. The van der Waals surface area contributed by atoms with Crippen LogP contribution < -0.4 is 0 Å². The molecule has 3 heteroatoms. The van der Waals surface area contributed by atoms with Crippen LogP contribution in [-0.2, 0) is 4.79 Å². The number of carbonyl (C=O) groups is 1. The minimum absolute atomic E-state index is 0.191. The summed E-state index contributed by atoms with van der Waals surface area (Å²) < 4.78 is 0. The Morgan fingerprint density at radius 3 is 2.86 bits per heavy atom. The van der Waals surface area contributed by atoms with E-state index in [4.69, 9.17) is 0 Å². The highest BCUT2D eigenvalue weighted by atomic mass is 16.3. The highest BCUT2D eigenvalue weighted by molar-refractivity contribution is 5.80. The van der Waals surface area contributed by atoms with Gasteiger partial charge < -0.3 is 5.11 Å². The van der Waals surface area contributed by atoms with Crippen LogP contribution in [0.15, 0.2) is 0 Å². The fraction of sp³-hybridized carbons (Fsp3) is 0.909. The first-order chi connectivity index (χ1) is 6.77. The average Bonchev–Trinajstić information content (AvgIpc) is 2.42. The van der Waals surface area contributed by atoms with E-state index in [0.717, 1.165) is 19.4 Å². The molecule has 1 saturated heterocycles. The maximum Gasteiger partial charge on any atom is 0.146 e. The van der Waals surface area contributed by atoms with Crippen molar-refractivity contribution in [2.75, 3.05) is 19.7 Å². The number of likely N-dealkylation sites (tertiary alicyclic amines) is 1. The first-order valence-electron chi connectivity index (χ1n) is 5.64. The number of ketones is 1. The number of aliphatic hydroxyl groups is 1. The molecule has 0 aromatic carbocycles. The zero-order valence-corrected chi connectivity index (χ0v) is 9.04. The maximum absolute atomic E-state index is 11.3. The van der Waals surface area contributed by atoms with Crippen molar-refractivity contribution in [2.45, 2.75) is 45.1 Å². The summed E-state index contributed by atoms with van der Waals surface area (Å²) in [6.07, 6.45) is 5.21. The van der Waals surface area contributed by atoms with Gasteiger partial charge in [-0.1, -0.05) is 19.8 Å². The van der Waals surface area contributed by atoms with Gasteiger partial charge in [-0.3, -0.25) is 9.69 Å². The average molecular weight is 199 g/mol. The summed E-state index contributed by atoms with van der Waals surface area (Å²) in [4.78, 5) is 13.5. The Bertz CT molecular complexity index is 182. The monoisotopic (exact) mass is 199 g/mol. The van der Waals surface area contributed by atoms with Crippen molar-refractivity contribution in [3.8, 4) is 0 Å². The Hall–Kier alpha value is -0.410. The lowest BCUT2D eigenvalue weighted by molar-refractivity contribution is -0.120.